The molecule has 4 rings (SSSR count). The summed E-state index contributed by atoms with van der Waals surface area (Å²) < 4.78 is 38.5. The Kier molecular flexibility index (Phi) is 6.84. The van der Waals surface area contributed by atoms with Crippen molar-refractivity contribution < 1.29 is 22.7 Å². The van der Waals surface area contributed by atoms with Crippen LogP contribution in [0.1, 0.15) is 15.9 Å². The van der Waals surface area contributed by atoms with Gasteiger partial charge in [0.2, 0.25) is 10.0 Å². The zero-order chi connectivity index (χ0) is 22.4. The highest BCUT2D eigenvalue weighted by atomic mass is 32.2. The highest BCUT2D eigenvalue weighted by Gasteiger charge is 2.28. The highest BCUT2D eigenvalue weighted by Crippen LogP contribution is 2.23. The van der Waals surface area contributed by atoms with Crippen molar-refractivity contribution in [3.63, 3.8) is 0 Å². The van der Waals surface area contributed by atoms with Crippen molar-refractivity contribution >= 4 is 15.9 Å². The maximum absolute atomic E-state index is 13.1. The zero-order valence-electron chi connectivity index (χ0n) is 17.4. The van der Waals surface area contributed by atoms with Crippen molar-refractivity contribution in [2.45, 2.75) is 11.4 Å². The molecule has 0 radical (unpaired) electrons. The minimum atomic E-state index is -3.66. The molecule has 7 nitrogen and oxygen atoms in total. The van der Waals surface area contributed by atoms with Crippen molar-refractivity contribution in [2.24, 2.45) is 0 Å². The predicted molar refractivity (Wildman–Crippen MR) is 120 cm³/mol. The first-order chi connectivity index (χ1) is 15.5. The predicted octanol–water partition coefficient (Wildman–Crippen LogP) is 3.43. The van der Waals surface area contributed by atoms with Crippen molar-refractivity contribution in [1.29, 1.82) is 0 Å². The molecule has 1 aliphatic rings. The summed E-state index contributed by atoms with van der Waals surface area (Å²) in [6.45, 7) is 1.49. The number of carbonyl (C=O) groups excluding carboxylic acids is 1. The molecule has 1 fully saturated rings. The van der Waals surface area contributed by atoms with E-state index in [1.54, 1.807) is 48.5 Å². The number of nitrogens with one attached hydrogen (secondary N) is 1. The number of nitrogens with zero attached hydrogens (tertiary/aromatic N) is 1. The Morgan fingerprint density at radius 3 is 2.22 bits per heavy atom. The minimum absolute atomic E-state index is 0.0981. The topological polar surface area (TPSA) is 84.9 Å². The molecule has 32 heavy (non-hydrogen) atoms. The highest BCUT2D eigenvalue weighted by molar-refractivity contribution is 7.89. The van der Waals surface area contributed by atoms with Crippen LogP contribution in [-0.4, -0.2) is 44.9 Å². The quantitative estimate of drug-likeness (QED) is 0.594. The van der Waals surface area contributed by atoms with Crippen molar-refractivity contribution in [3.8, 4) is 11.5 Å². The monoisotopic (exact) mass is 452 g/mol. The van der Waals surface area contributed by atoms with Gasteiger partial charge in [-0.2, -0.15) is 4.31 Å². The fourth-order valence-electron chi connectivity index (χ4n) is 3.40. The second-order valence-electron chi connectivity index (χ2n) is 7.25. The van der Waals surface area contributed by atoms with Crippen LogP contribution in [0, 0.1) is 0 Å². The van der Waals surface area contributed by atoms with Gasteiger partial charge in [0.05, 0.1) is 18.1 Å². The first-order valence-electron chi connectivity index (χ1n) is 10.3. The standard InChI is InChI=1S/C24H24N2O5S/c27-24(19-10-12-22(13-11-19)31-21-7-2-1-3-8-21)25-18-20-6-4-5-9-23(20)32(28,29)26-14-16-30-17-15-26/h1-13H,14-18H2,(H,25,27). The van der Waals surface area contributed by atoms with Gasteiger partial charge in [0, 0.05) is 25.2 Å². The van der Waals surface area contributed by atoms with E-state index in [2.05, 4.69) is 5.32 Å². The zero-order valence-corrected chi connectivity index (χ0v) is 18.3. The van der Waals surface area contributed by atoms with Crippen LogP contribution in [0.25, 0.3) is 0 Å². The van der Waals surface area contributed by atoms with Gasteiger partial charge in [-0.1, -0.05) is 36.4 Å². The number of para-hydroxylation sites is 1. The molecule has 1 N–H and O–H groups in total. The van der Waals surface area contributed by atoms with E-state index >= 15 is 0 Å². The first kappa shape index (κ1) is 22.0. The maximum Gasteiger partial charge on any atom is 0.251 e. The molecule has 0 spiro atoms. The Balaban J connectivity index is 1.42. The van der Waals surface area contributed by atoms with Crippen molar-refractivity contribution in [2.75, 3.05) is 26.3 Å². The minimum Gasteiger partial charge on any atom is -0.457 e. The van der Waals surface area contributed by atoms with Crippen LogP contribution in [-0.2, 0) is 21.3 Å². The van der Waals surface area contributed by atoms with Gasteiger partial charge in [0.1, 0.15) is 11.5 Å². The average Bonchev–Trinajstić information content (AvgIpc) is 2.84. The third kappa shape index (κ3) is 5.16. The fourth-order valence-corrected chi connectivity index (χ4v) is 5.03. The van der Waals surface area contributed by atoms with Gasteiger partial charge < -0.3 is 14.8 Å². The molecule has 1 amide bonds. The van der Waals surface area contributed by atoms with Crippen LogP contribution in [0.15, 0.2) is 83.8 Å². The van der Waals surface area contributed by atoms with E-state index in [9.17, 15) is 13.2 Å². The Hall–Kier alpha value is -3.20. The van der Waals surface area contributed by atoms with Gasteiger partial charge in [-0.05, 0) is 48.0 Å². The number of hydrogen-bond donors (Lipinski definition) is 1. The number of hydrogen-bond acceptors (Lipinski definition) is 5. The first-order valence-corrected chi connectivity index (χ1v) is 11.7. The van der Waals surface area contributed by atoms with Crippen molar-refractivity contribution in [3.05, 3.63) is 90.0 Å². The van der Waals surface area contributed by atoms with E-state index in [1.165, 1.54) is 4.31 Å². The number of amides is 1. The molecule has 3 aromatic rings. The number of benzene rings is 3. The third-order valence-electron chi connectivity index (χ3n) is 5.10. The second-order valence-corrected chi connectivity index (χ2v) is 9.15. The Morgan fingerprint density at radius 1 is 0.875 bits per heavy atom. The lowest BCUT2D eigenvalue weighted by molar-refractivity contribution is 0.0730. The van der Waals surface area contributed by atoms with Gasteiger partial charge in [0.25, 0.3) is 5.91 Å². The summed E-state index contributed by atoms with van der Waals surface area (Å²) in [7, 11) is -3.66. The SMILES string of the molecule is O=C(NCc1ccccc1S(=O)(=O)N1CCOCC1)c1ccc(Oc2ccccc2)cc1. The van der Waals surface area contributed by atoms with Crippen LogP contribution in [0.3, 0.4) is 0 Å². The van der Waals surface area contributed by atoms with Crippen LogP contribution in [0.2, 0.25) is 0 Å². The van der Waals surface area contributed by atoms with Gasteiger partial charge in [0.15, 0.2) is 0 Å². The molecular weight excluding hydrogens is 428 g/mol. The van der Waals surface area contributed by atoms with E-state index in [4.69, 9.17) is 9.47 Å². The summed E-state index contributed by atoms with van der Waals surface area (Å²) in [6.07, 6.45) is 0. The average molecular weight is 453 g/mol. The summed E-state index contributed by atoms with van der Waals surface area (Å²) in [5, 5.41) is 2.81. The van der Waals surface area contributed by atoms with E-state index in [0.717, 1.165) is 0 Å². The lowest BCUT2D eigenvalue weighted by Crippen LogP contribution is -2.41. The Bertz CT molecular complexity index is 1160. The molecule has 1 heterocycles. The fraction of sp³-hybridized carbons (Fsp3) is 0.208. The number of rotatable bonds is 7. The van der Waals surface area contributed by atoms with Gasteiger partial charge in [-0.25, -0.2) is 8.42 Å². The van der Waals surface area contributed by atoms with Crippen LogP contribution < -0.4 is 10.1 Å². The second kappa shape index (κ2) is 9.95. The summed E-state index contributed by atoms with van der Waals surface area (Å²) in [5.41, 5.74) is 0.996. The van der Waals surface area contributed by atoms with Crippen molar-refractivity contribution in [1.82, 2.24) is 9.62 Å². The summed E-state index contributed by atoms with van der Waals surface area (Å²) in [5.74, 6) is 1.03. The number of morpholine rings is 1. The normalized spacial score (nSPS) is 14.6. The third-order valence-corrected chi connectivity index (χ3v) is 7.09. The van der Waals surface area contributed by atoms with E-state index < -0.39 is 10.0 Å². The molecule has 3 aromatic carbocycles. The molecule has 0 aromatic heterocycles. The smallest absolute Gasteiger partial charge is 0.251 e. The molecule has 1 aliphatic heterocycles. The Morgan fingerprint density at radius 2 is 1.50 bits per heavy atom. The number of ether oxygens (including phenoxy) is 2. The van der Waals surface area contributed by atoms with Crippen LogP contribution in [0.4, 0.5) is 0 Å². The number of carbonyl (C=O) groups is 1. The van der Waals surface area contributed by atoms with Gasteiger partial charge >= 0.3 is 0 Å². The van der Waals surface area contributed by atoms with E-state index in [0.29, 0.717) is 48.9 Å². The molecule has 1 saturated heterocycles. The van der Waals surface area contributed by atoms with Gasteiger partial charge in [-0.3, -0.25) is 4.79 Å². The number of sulfonamides is 1. The molecule has 8 heteroatoms. The molecule has 0 unspecified atom stereocenters. The maximum atomic E-state index is 13.1. The van der Waals surface area contributed by atoms with Crippen LogP contribution >= 0.6 is 0 Å². The molecule has 0 bridgehead atoms. The molecule has 166 valence electrons. The molecule has 0 atom stereocenters. The Labute approximate surface area is 187 Å². The van der Waals surface area contributed by atoms with Crippen LogP contribution in [0.5, 0.6) is 11.5 Å². The van der Waals surface area contributed by atoms with E-state index in [1.807, 2.05) is 30.3 Å². The molecule has 0 aliphatic carbocycles. The summed E-state index contributed by atoms with van der Waals surface area (Å²) >= 11 is 0. The van der Waals surface area contributed by atoms with E-state index in [-0.39, 0.29) is 17.3 Å². The van der Waals surface area contributed by atoms with Gasteiger partial charge in [-0.15, -0.1) is 0 Å². The lowest BCUT2D eigenvalue weighted by Gasteiger charge is -2.27. The molecule has 0 saturated carbocycles. The molecular formula is C24H24N2O5S. The summed E-state index contributed by atoms with van der Waals surface area (Å²) in [4.78, 5) is 12.8. The largest absolute Gasteiger partial charge is 0.457 e. The lowest BCUT2D eigenvalue weighted by atomic mass is 10.2. The summed E-state index contributed by atoms with van der Waals surface area (Å²) in [6, 6.07) is 22.9.